The number of urea groups is 1. The molecule has 4 amide bonds. The zero-order valence-electron chi connectivity index (χ0n) is 25.2. The first kappa shape index (κ1) is 33.4. The van der Waals surface area contributed by atoms with Crippen molar-refractivity contribution in [1.82, 2.24) is 25.8 Å². The summed E-state index contributed by atoms with van der Waals surface area (Å²) in [5.74, 6) is 0.0112. The number of amides is 4. The van der Waals surface area contributed by atoms with Crippen LogP contribution >= 0.6 is 23.1 Å². The van der Waals surface area contributed by atoms with E-state index in [9.17, 15) is 14.4 Å². The summed E-state index contributed by atoms with van der Waals surface area (Å²) in [7, 11) is 1.70. The van der Waals surface area contributed by atoms with E-state index in [2.05, 4.69) is 39.8 Å². The predicted molar refractivity (Wildman–Crippen MR) is 170 cm³/mol. The molecule has 0 saturated heterocycles. The molecule has 12 heteroatoms. The van der Waals surface area contributed by atoms with Gasteiger partial charge in [0.15, 0.2) is 0 Å². The molecular formula is C30H44N6O4S2. The van der Waals surface area contributed by atoms with Gasteiger partial charge >= 0.3 is 12.1 Å². The Kier molecular flexibility index (Phi) is 13.6. The highest BCUT2D eigenvalue weighted by molar-refractivity contribution is 8.12. The predicted octanol–water partition coefficient (Wildman–Crippen LogP) is 4.81. The van der Waals surface area contributed by atoms with Gasteiger partial charge in [0.05, 0.1) is 34.6 Å². The smallest absolute Gasteiger partial charge is 0.407 e. The summed E-state index contributed by atoms with van der Waals surface area (Å²) in [5, 5.41) is 12.0. The second-order valence-corrected chi connectivity index (χ2v) is 13.2. The summed E-state index contributed by atoms with van der Waals surface area (Å²) < 4.78 is 5.43. The van der Waals surface area contributed by atoms with E-state index < -0.39 is 12.1 Å². The highest BCUT2D eigenvalue weighted by Gasteiger charge is 2.26. The zero-order valence-corrected chi connectivity index (χ0v) is 26.8. The Balaban J connectivity index is 1.46. The average molecular weight is 617 g/mol. The number of carbonyl (C=O) groups excluding carboxylic acids is 3. The van der Waals surface area contributed by atoms with Crippen molar-refractivity contribution in [3.05, 3.63) is 52.0 Å². The van der Waals surface area contributed by atoms with Crippen LogP contribution in [0.25, 0.3) is 0 Å². The Labute approximate surface area is 257 Å². The molecule has 1 unspecified atom stereocenters. The highest BCUT2D eigenvalue weighted by atomic mass is 32.2. The second kappa shape index (κ2) is 17.1. The quantitative estimate of drug-likeness (QED) is 0.247. The first-order valence-electron chi connectivity index (χ1n) is 14.5. The van der Waals surface area contributed by atoms with E-state index in [0.29, 0.717) is 51.4 Å². The fourth-order valence-corrected chi connectivity index (χ4v) is 5.84. The van der Waals surface area contributed by atoms with Crippen LogP contribution in [0.1, 0.15) is 62.7 Å². The molecule has 0 spiro atoms. The molecule has 0 saturated carbocycles. The number of thiazole rings is 1. The van der Waals surface area contributed by atoms with Crippen molar-refractivity contribution >= 4 is 46.7 Å². The van der Waals surface area contributed by atoms with E-state index in [1.165, 1.54) is 0 Å². The van der Waals surface area contributed by atoms with Gasteiger partial charge in [-0.15, -0.1) is 23.1 Å². The average Bonchev–Trinajstić information content (AvgIpc) is 3.65. The molecule has 2 heterocycles. The maximum atomic E-state index is 13.0. The molecule has 0 bridgehead atoms. The number of aliphatic imine (C=N–C) groups is 1. The van der Waals surface area contributed by atoms with Crippen molar-refractivity contribution in [3.8, 4) is 0 Å². The normalized spacial score (nSPS) is 15.8. The van der Waals surface area contributed by atoms with Crippen molar-refractivity contribution in [1.29, 1.82) is 0 Å². The molecule has 1 aliphatic heterocycles. The molecule has 2 aromatic rings. The summed E-state index contributed by atoms with van der Waals surface area (Å²) in [6.45, 7) is 9.74. The number of ether oxygens (including phenoxy) is 1. The molecule has 1 aliphatic rings. The van der Waals surface area contributed by atoms with Crippen LogP contribution in [0.15, 0.2) is 40.7 Å². The van der Waals surface area contributed by atoms with Crippen molar-refractivity contribution in [2.24, 2.45) is 10.9 Å². The van der Waals surface area contributed by atoms with Gasteiger partial charge in [0, 0.05) is 30.9 Å². The number of hydrogen-bond acceptors (Lipinski definition) is 8. The van der Waals surface area contributed by atoms with Gasteiger partial charge in [-0.05, 0) is 30.7 Å². The Bertz CT molecular complexity index is 1170. The lowest BCUT2D eigenvalue weighted by Gasteiger charge is -2.25. The minimum absolute atomic E-state index is 0.0973. The van der Waals surface area contributed by atoms with Crippen molar-refractivity contribution in [2.45, 2.75) is 76.8 Å². The molecule has 1 aromatic carbocycles. The van der Waals surface area contributed by atoms with Crippen LogP contribution in [0.3, 0.4) is 0 Å². The van der Waals surface area contributed by atoms with Crippen LogP contribution in [0.2, 0.25) is 0 Å². The molecule has 230 valence electrons. The molecule has 3 N–H and O–H groups in total. The third kappa shape index (κ3) is 11.3. The summed E-state index contributed by atoms with van der Waals surface area (Å²) in [5.41, 5.74) is 3.73. The second-order valence-electron chi connectivity index (χ2n) is 11.2. The van der Waals surface area contributed by atoms with E-state index in [0.717, 1.165) is 16.3 Å². The van der Waals surface area contributed by atoms with Gasteiger partial charge < -0.3 is 25.6 Å². The zero-order chi connectivity index (χ0) is 30.5. The molecule has 3 rings (SSSR count). The summed E-state index contributed by atoms with van der Waals surface area (Å²) in [6, 6.07) is 8.81. The third-order valence-electron chi connectivity index (χ3n) is 6.75. The number of nitrogens with one attached hydrogen (secondary N) is 3. The molecule has 0 fully saturated rings. The Hall–Kier alpha value is -3.12. The Morgan fingerprint density at radius 1 is 1.12 bits per heavy atom. The van der Waals surface area contributed by atoms with Crippen LogP contribution in [-0.4, -0.2) is 77.5 Å². The first-order chi connectivity index (χ1) is 20.1. The molecule has 0 radical (unpaired) electrons. The van der Waals surface area contributed by atoms with Gasteiger partial charge in [0.25, 0.3) is 0 Å². The molecule has 10 nitrogen and oxygen atoms in total. The number of aromatic nitrogens is 1. The minimum Gasteiger partial charge on any atom is -0.448 e. The van der Waals surface area contributed by atoms with Crippen molar-refractivity contribution in [3.63, 3.8) is 0 Å². The maximum Gasteiger partial charge on any atom is 0.407 e. The number of benzene rings is 1. The SMILES string of the molecule is CC(C)c1nc(CN(C)C(=O)N[C@H](C(=O)NCCC[C@H](Cc2ccccc2)NC(=O)OCC2CN=CS2)C(C)C)cs1. The number of thioether (sulfide) groups is 1. The van der Waals surface area contributed by atoms with Gasteiger partial charge in [0.2, 0.25) is 5.91 Å². The number of carbonyl (C=O) groups is 3. The van der Waals surface area contributed by atoms with E-state index in [1.807, 2.05) is 49.6 Å². The van der Waals surface area contributed by atoms with Crippen molar-refractivity contribution < 1.29 is 19.1 Å². The van der Waals surface area contributed by atoms with E-state index in [4.69, 9.17) is 4.74 Å². The van der Waals surface area contributed by atoms with Gasteiger partial charge in [-0.3, -0.25) is 9.79 Å². The van der Waals surface area contributed by atoms with Crippen LogP contribution < -0.4 is 16.0 Å². The number of rotatable bonds is 15. The van der Waals surface area contributed by atoms with Crippen LogP contribution in [-0.2, 0) is 22.5 Å². The lowest BCUT2D eigenvalue weighted by atomic mass is 10.0. The summed E-state index contributed by atoms with van der Waals surface area (Å²) in [4.78, 5) is 48.7. The standard InChI is InChI=1S/C30H44N6O4S2/c1-20(2)26(35-29(38)36(5)16-24-18-41-28(33-24)21(3)4)27(37)32-13-9-12-23(14-22-10-7-6-8-11-22)34-30(39)40-17-25-15-31-19-42-25/h6-8,10-11,18-21,23,25-26H,9,12-17H2,1-5H3,(H,32,37)(H,34,39)(H,35,38)/t23-,25?,26+/m1/s1. The highest BCUT2D eigenvalue weighted by Crippen LogP contribution is 2.20. The lowest BCUT2D eigenvalue weighted by Crippen LogP contribution is -2.52. The summed E-state index contributed by atoms with van der Waals surface area (Å²) in [6.07, 6.45) is 1.51. The Morgan fingerprint density at radius 3 is 2.52 bits per heavy atom. The fourth-order valence-electron chi connectivity index (χ4n) is 4.35. The Morgan fingerprint density at radius 2 is 1.88 bits per heavy atom. The fraction of sp³-hybridized carbons (Fsp3) is 0.567. The largest absolute Gasteiger partial charge is 0.448 e. The third-order valence-corrected chi connectivity index (χ3v) is 8.89. The topological polar surface area (TPSA) is 125 Å². The van der Waals surface area contributed by atoms with Crippen LogP contribution in [0, 0.1) is 5.92 Å². The monoisotopic (exact) mass is 616 g/mol. The first-order valence-corrected chi connectivity index (χ1v) is 16.3. The molecule has 42 heavy (non-hydrogen) atoms. The van der Waals surface area contributed by atoms with Gasteiger partial charge in [-0.25, -0.2) is 14.6 Å². The van der Waals surface area contributed by atoms with Gasteiger partial charge in [-0.1, -0.05) is 58.0 Å². The van der Waals surface area contributed by atoms with Gasteiger partial charge in [-0.2, -0.15) is 0 Å². The number of hydrogen-bond donors (Lipinski definition) is 3. The molecule has 3 atom stereocenters. The van der Waals surface area contributed by atoms with E-state index >= 15 is 0 Å². The van der Waals surface area contributed by atoms with Crippen molar-refractivity contribution in [2.75, 3.05) is 26.7 Å². The maximum absolute atomic E-state index is 13.0. The van der Waals surface area contributed by atoms with Crippen LogP contribution in [0.5, 0.6) is 0 Å². The molecule has 1 aromatic heterocycles. The molecular weight excluding hydrogens is 573 g/mol. The van der Waals surface area contributed by atoms with Crippen LogP contribution in [0.4, 0.5) is 9.59 Å². The van der Waals surface area contributed by atoms with E-state index in [1.54, 1.807) is 40.6 Å². The molecule has 0 aliphatic carbocycles. The van der Waals surface area contributed by atoms with Gasteiger partial charge in [0.1, 0.15) is 12.6 Å². The minimum atomic E-state index is -0.674. The summed E-state index contributed by atoms with van der Waals surface area (Å²) >= 11 is 3.16. The lowest BCUT2D eigenvalue weighted by molar-refractivity contribution is -0.123. The van der Waals surface area contributed by atoms with E-state index in [-0.39, 0.29) is 29.1 Å². The number of alkyl carbamates (subject to hydrolysis) is 1. The number of nitrogens with zero attached hydrogens (tertiary/aromatic N) is 3.